The number of hydrogen-bond acceptors (Lipinski definition) is 3. The summed E-state index contributed by atoms with van der Waals surface area (Å²) in [4.78, 5) is 12.7. The summed E-state index contributed by atoms with van der Waals surface area (Å²) in [5.41, 5.74) is 10.6. The third-order valence-electron chi connectivity index (χ3n) is 4.12. The van der Waals surface area contributed by atoms with Crippen LogP contribution in [0, 0.1) is 6.92 Å². The lowest BCUT2D eigenvalue weighted by Gasteiger charge is -2.12. The maximum Gasteiger partial charge on any atom is 0.194 e. The molecule has 0 aliphatic heterocycles. The molecule has 0 bridgehead atoms. The minimum absolute atomic E-state index is 0.0722. The summed E-state index contributed by atoms with van der Waals surface area (Å²) in [6, 6.07) is 20.7. The van der Waals surface area contributed by atoms with Gasteiger partial charge in [-0.3, -0.25) is 4.79 Å². The van der Waals surface area contributed by atoms with Crippen molar-refractivity contribution < 1.29 is 4.79 Å². The number of hydrogen-bond donors (Lipinski definition) is 2. The largest absolute Gasteiger partial charge is 0.355 e. The fraction of sp³-hybridized carbons (Fsp3) is 0.0952. The number of carbonyl (C=O) groups is 1. The number of carbonyl (C=O) groups excluding carboxylic acids is 1. The number of nitrogens with two attached hydrogens (primary N) is 1. The predicted molar refractivity (Wildman–Crippen MR) is 104 cm³/mol. The quantitative estimate of drug-likeness (QED) is 0.631. The van der Waals surface area contributed by atoms with Crippen molar-refractivity contribution in [1.82, 2.24) is 0 Å². The summed E-state index contributed by atoms with van der Waals surface area (Å²) in [6.07, 6.45) is 0. The number of nitrogens with one attached hydrogen (secondary N) is 1. The average Bonchev–Trinajstić information content (AvgIpc) is 2.62. The lowest BCUT2D eigenvalue weighted by molar-refractivity contribution is 0.103. The highest BCUT2D eigenvalue weighted by atomic mass is 35.5. The molecule has 3 nitrogen and oxygen atoms in total. The van der Waals surface area contributed by atoms with E-state index in [2.05, 4.69) is 5.32 Å². The van der Waals surface area contributed by atoms with E-state index in [0.717, 1.165) is 22.5 Å². The first kappa shape index (κ1) is 17.2. The van der Waals surface area contributed by atoms with Crippen molar-refractivity contribution >= 4 is 28.8 Å². The van der Waals surface area contributed by atoms with Gasteiger partial charge in [-0.25, -0.2) is 0 Å². The Bertz CT molecular complexity index is 921. The lowest BCUT2D eigenvalue weighted by atomic mass is 9.99. The molecule has 0 radical (unpaired) electrons. The highest BCUT2D eigenvalue weighted by Crippen LogP contribution is 2.27. The van der Waals surface area contributed by atoms with Crippen LogP contribution < -0.4 is 11.1 Å². The second kappa shape index (κ2) is 7.51. The minimum Gasteiger partial charge on any atom is -0.355 e. The van der Waals surface area contributed by atoms with Crippen LogP contribution in [0.3, 0.4) is 0 Å². The van der Waals surface area contributed by atoms with E-state index in [1.165, 1.54) is 0 Å². The van der Waals surface area contributed by atoms with E-state index in [9.17, 15) is 4.79 Å². The number of ketones is 1. The van der Waals surface area contributed by atoms with E-state index in [4.69, 9.17) is 17.3 Å². The average molecular weight is 351 g/mol. The van der Waals surface area contributed by atoms with Gasteiger partial charge in [0, 0.05) is 29.0 Å². The second-order valence-corrected chi connectivity index (χ2v) is 6.23. The zero-order valence-electron chi connectivity index (χ0n) is 13.9. The maximum absolute atomic E-state index is 12.7. The zero-order chi connectivity index (χ0) is 17.8. The van der Waals surface area contributed by atoms with E-state index < -0.39 is 0 Å². The number of anilines is 2. The molecule has 126 valence electrons. The number of aryl methyl sites for hydroxylation is 1. The summed E-state index contributed by atoms with van der Waals surface area (Å²) in [5.74, 6) is -0.0722. The molecule has 0 spiro atoms. The number of rotatable bonds is 5. The molecular formula is C21H19ClN2O. The Morgan fingerprint density at radius 1 is 1.00 bits per heavy atom. The predicted octanol–water partition coefficient (Wildman–Crippen LogP) is 5.08. The van der Waals surface area contributed by atoms with Crippen LogP contribution in [0.15, 0.2) is 66.7 Å². The molecule has 0 aliphatic carbocycles. The summed E-state index contributed by atoms with van der Waals surface area (Å²) >= 11 is 6.38. The Labute approximate surface area is 152 Å². The summed E-state index contributed by atoms with van der Waals surface area (Å²) in [7, 11) is 0. The van der Waals surface area contributed by atoms with Crippen molar-refractivity contribution in [2.24, 2.45) is 5.73 Å². The molecule has 3 aromatic carbocycles. The Balaban J connectivity index is 1.89. The van der Waals surface area contributed by atoms with Gasteiger partial charge in [-0.15, -0.1) is 0 Å². The fourth-order valence-electron chi connectivity index (χ4n) is 2.73. The first-order valence-electron chi connectivity index (χ1n) is 8.05. The van der Waals surface area contributed by atoms with Crippen molar-refractivity contribution in [3.05, 3.63) is 94.0 Å². The zero-order valence-corrected chi connectivity index (χ0v) is 14.7. The second-order valence-electron chi connectivity index (χ2n) is 5.82. The summed E-state index contributed by atoms with van der Waals surface area (Å²) in [6.45, 7) is 2.36. The number of benzene rings is 3. The van der Waals surface area contributed by atoms with E-state index in [-0.39, 0.29) is 5.78 Å². The van der Waals surface area contributed by atoms with Crippen LogP contribution in [0.1, 0.15) is 27.0 Å². The van der Waals surface area contributed by atoms with Crippen LogP contribution in [-0.4, -0.2) is 5.78 Å². The highest BCUT2D eigenvalue weighted by molar-refractivity contribution is 6.35. The number of halogens is 1. The van der Waals surface area contributed by atoms with E-state index in [1.54, 1.807) is 12.1 Å². The Morgan fingerprint density at radius 2 is 1.72 bits per heavy atom. The van der Waals surface area contributed by atoms with E-state index in [0.29, 0.717) is 22.7 Å². The molecule has 0 aliphatic rings. The van der Waals surface area contributed by atoms with Crippen LogP contribution in [0.5, 0.6) is 0 Å². The molecule has 4 heteroatoms. The Kier molecular flexibility index (Phi) is 5.17. The Hall–Kier alpha value is -2.62. The molecule has 0 saturated heterocycles. The maximum atomic E-state index is 12.7. The molecule has 0 amide bonds. The van der Waals surface area contributed by atoms with Gasteiger partial charge in [0.25, 0.3) is 0 Å². The summed E-state index contributed by atoms with van der Waals surface area (Å²) < 4.78 is 0. The first-order chi connectivity index (χ1) is 12.1. The van der Waals surface area contributed by atoms with Gasteiger partial charge in [0.15, 0.2) is 5.78 Å². The van der Waals surface area contributed by atoms with Crippen molar-refractivity contribution in [3.63, 3.8) is 0 Å². The van der Waals surface area contributed by atoms with Crippen molar-refractivity contribution in [3.8, 4) is 0 Å². The summed E-state index contributed by atoms with van der Waals surface area (Å²) in [5, 5.41) is 3.73. The van der Waals surface area contributed by atoms with Gasteiger partial charge in [0.2, 0.25) is 0 Å². The van der Waals surface area contributed by atoms with Crippen LogP contribution in [0.4, 0.5) is 11.4 Å². The smallest absolute Gasteiger partial charge is 0.194 e. The van der Waals surface area contributed by atoms with Gasteiger partial charge in [-0.2, -0.15) is 0 Å². The van der Waals surface area contributed by atoms with Crippen molar-refractivity contribution in [2.45, 2.75) is 13.5 Å². The fourth-order valence-corrected chi connectivity index (χ4v) is 2.99. The Morgan fingerprint density at radius 3 is 2.44 bits per heavy atom. The molecule has 0 aromatic heterocycles. The van der Waals surface area contributed by atoms with Gasteiger partial charge >= 0.3 is 0 Å². The van der Waals surface area contributed by atoms with E-state index in [1.807, 2.05) is 61.5 Å². The van der Waals surface area contributed by atoms with Gasteiger partial charge in [-0.1, -0.05) is 54.1 Å². The molecule has 25 heavy (non-hydrogen) atoms. The molecule has 0 atom stereocenters. The normalized spacial score (nSPS) is 10.5. The SMILES string of the molecule is Cc1ccccc1C(=O)c1ccc(Nc2ccccc2CN)cc1Cl. The van der Waals surface area contributed by atoms with Gasteiger partial charge in [0.1, 0.15) is 0 Å². The van der Waals surface area contributed by atoms with Crippen LogP contribution in [-0.2, 0) is 6.54 Å². The van der Waals surface area contributed by atoms with Crippen LogP contribution in [0.25, 0.3) is 0 Å². The first-order valence-corrected chi connectivity index (χ1v) is 8.43. The number of para-hydroxylation sites is 1. The minimum atomic E-state index is -0.0722. The van der Waals surface area contributed by atoms with Gasteiger partial charge in [0.05, 0.1) is 5.02 Å². The van der Waals surface area contributed by atoms with Gasteiger partial charge < -0.3 is 11.1 Å². The highest BCUT2D eigenvalue weighted by Gasteiger charge is 2.15. The van der Waals surface area contributed by atoms with Crippen LogP contribution in [0.2, 0.25) is 5.02 Å². The lowest BCUT2D eigenvalue weighted by Crippen LogP contribution is -2.05. The third-order valence-corrected chi connectivity index (χ3v) is 4.43. The standard InChI is InChI=1S/C21H19ClN2O/c1-14-6-2-4-8-17(14)21(25)18-11-10-16(12-19(18)22)24-20-9-5-3-7-15(20)13-23/h2-12,24H,13,23H2,1H3. The van der Waals surface area contributed by atoms with Crippen molar-refractivity contribution in [2.75, 3.05) is 5.32 Å². The van der Waals surface area contributed by atoms with Crippen molar-refractivity contribution in [1.29, 1.82) is 0 Å². The molecule has 0 heterocycles. The molecule has 0 fully saturated rings. The third kappa shape index (κ3) is 3.73. The van der Waals surface area contributed by atoms with Gasteiger partial charge in [-0.05, 0) is 42.3 Å². The van der Waals surface area contributed by atoms with Crippen LogP contribution >= 0.6 is 11.6 Å². The molecule has 3 aromatic rings. The molecule has 0 unspecified atom stereocenters. The molecular weight excluding hydrogens is 332 g/mol. The monoisotopic (exact) mass is 350 g/mol. The molecule has 3 N–H and O–H groups in total. The molecule has 3 rings (SSSR count). The topological polar surface area (TPSA) is 55.1 Å². The molecule has 0 saturated carbocycles. The van der Waals surface area contributed by atoms with E-state index >= 15 is 0 Å².